The second-order valence-corrected chi connectivity index (χ2v) is 5.48. The lowest BCUT2D eigenvalue weighted by Gasteiger charge is -2.29. The number of hydrogen-bond donors (Lipinski definition) is 1. The Morgan fingerprint density at radius 3 is 2.80 bits per heavy atom. The average Bonchev–Trinajstić information content (AvgIpc) is 2.48. The third-order valence-electron chi connectivity index (χ3n) is 3.33. The highest BCUT2D eigenvalue weighted by atomic mass is 16.5. The minimum Gasteiger partial charge on any atom is -0.380 e. The molecule has 1 heterocycles. The number of nitrogens with one attached hydrogen (secondary N) is 1. The fourth-order valence-corrected chi connectivity index (χ4v) is 2.34. The van der Waals surface area contributed by atoms with Crippen LogP contribution < -0.4 is 10.2 Å². The molecular formula is C15H20N2O3. The average molecular weight is 276 g/mol. The molecule has 1 aromatic carbocycles. The van der Waals surface area contributed by atoms with Crippen molar-refractivity contribution in [3.05, 3.63) is 29.8 Å². The molecule has 108 valence electrons. The van der Waals surface area contributed by atoms with E-state index in [9.17, 15) is 9.59 Å². The number of rotatable bonds is 3. The lowest BCUT2D eigenvalue weighted by atomic mass is 10.0. The zero-order valence-electron chi connectivity index (χ0n) is 12.1. The van der Waals surface area contributed by atoms with Crippen LogP contribution in [0.5, 0.6) is 0 Å². The Labute approximate surface area is 118 Å². The fourth-order valence-electron chi connectivity index (χ4n) is 2.34. The molecule has 5 nitrogen and oxygen atoms in total. The second kappa shape index (κ2) is 5.63. The molecule has 1 saturated heterocycles. The largest absolute Gasteiger partial charge is 0.380 e. The van der Waals surface area contributed by atoms with E-state index in [2.05, 4.69) is 5.32 Å². The van der Waals surface area contributed by atoms with Crippen molar-refractivity contribution in [1.82, 2.24) is 5.32 Å². The Hall–Kier alpha value is -1.88. The monoisotopic (exact) mass is 276 g/mol. The zero-order chi connectivity index (χ0) is 14.8. The van der Waals surface area contributed by atoms with Crippen molar-refractivity contribution in [2.45, 2.75) is 32.4 Å². The molecule has 2 amide bonds. The van der Waals surface area contributed by atoms with Crippen LogP contribution >= 0.6 is 0 Å². The van der Waals surface area contributed by atoms with Crippen LogP contribution in [0.2, 0.25) is 0 Å². The van der Waals surface area contributed by atoms with Crippen molar-refractivity contribution in [3.63, 3.8) is 0 Å². The summed E-state index contributed by atoms with van der Waals surface area (Å²) in [6.07, 6.45) is 0.309. The molecule has 0 aliphatic carbocycles. The van der Waals surface area contributed by atoms with Crippen molar-refractivity contribution in [3.8, 4) is 0 Å². The molecule has 0 spiro atoms. The third-order valence-corrected chi connectivity index (χ3v) is 3.33. The van der Waals surface area contributed by atoms with Gasteiger partial charge in [-0.05, 0) is 31.5 Å². The van der Waals surface area contributed by atoms with Gasteiger partial charge in [0.05, 0.1) is 6.61 Å². The summed E-state index contributed by atoms with van der Waals surface area (Å²) in [5.41, 5.74) is 0.915. The maximum absolute atomic E-state index is 12.6. The summed E-state index contributed by atoms with van der Waals surface area (Å²) in [6.45, 7) is 4.34. The summed E-state index contributed by atoms with van der Waals surface area (Å²) in [4.78, 5) is 25.9. The van der Waals surface area contributed by atoms with Crippen molar-refractivity contribution < 1.29 is 14.3 Å². The molecule has 0 saturated carbocycles. The molecular weight excluding hydrogens is 256 g/mol. The highest BCUT2D eigenvalue weighted by Crippen LogP contribution is 2.22. The Morgan fingerprint density at radius 2 is 2.10 bits per heavy atom. The number of carbonyl (C=O) groups is 2. The van der Waals surface area contributed by atoms with Gasteiger partial charge in [-0.3, -0.25) is 9.59 Å². The van der Waals surface area contributed by atoms with Gasteiger partial charge in [0.25, 0.3) is 5.91 Å². The summed E-state index contributed by atoms with van der Waals surface area (Å²) in [5.74, 6) is -0.197. The minimum atomic E-state index is -0.884. The van der Waals surface area contributed by atoms with Gasteiger partial charge < -0.3 is 15.0 Å². The zero-order valence-corrected chi connectivity index (χ0v) is 12.1. The Balaban J connectivity index is 2.32. The van der Waals surface area contributed by atoms with E-state index < -0.39 is 5.54 Å². The predicted octanol–water partition coefficient (Wildman–Crippen LogP) is 1.46. The highest BCUT2D eigenvalue weighted by Gasteiger charge is 2.37. The topological polar surface area (TPSA) is 58.6 Å². The van der Waals surface area contributed by atoms with Gasteiger partial charge in [0.2, 0.25) is 5.91 Å². The number of hydrogen-bond acceptors (Lipinski definition) is 3. The summed E-state index contributed by atoms with van der Waals surface area (Å²) in [5, 5.41) is 2.75. The van der Waals surface area contributed by atoms with Crippen LogP contribution in [0, 0.1) is 0 Å². The van der Waals surface area contributed by atoms with Gasteiger partial charge in [0.15, 0.2) is 0 Å². The molecule has 1 aliphatic heterocycles. The van der Waals surface area contributed by atoms with Crippen molar-refractivity contribution in [1.29, 1.82) is 0 Å². The Kier molecular flexibility index (Phi) is 4.09. The molecule has 0 unspecified atom stereocenters. The van der Waals surface area contributed by atoms with E-state index in [1.807, 2.05) is 24.3 Å². The minimum absolute atomic E-state index is 0.0982. The van der Waals surface area contributed by atoms with Crippen LogP contribution in [0.15, 0.2) is 24.3 Å². The normalized spacial score (nSPS) is 18.6. The molecule has 0 radical (unpaired) electrons. The van der Waals surface area contributed by atoms with Crippen molar-refractivity contribution in [2.75, 3.05) is 18.6 Å². The van der Waals surface area contributed by atoms with Gasteiger partial charge in [-0.2, -0.15) is 0 Å². The van der Waals surface area contributed by atoms with Crippen molar-refractivity contribution in [2.24, 2.45) is 0 Å². The van der Waals surface area contributed by atoms with E-state index >= 15 is 0 Å². The standard InChI is InChI=1S/C15H20N2O3/c1-15(2)14(19)17(8-7-13(18)16-15)12-6-4-5-11(9-12)10-20-3/h4-6,9H,7-8,10H2,1-3H3,(H,16,18). The molecule has 20 heavy (non-hydrogen) atoms. The van der Waals surface area contributed by atoms with Gasteiger partial charge in [0.1, 0.15) is 5.54 Å². The van der Waals surface area contributed by atoms with Gasteiger partial charge in [-0.15, -0.1) is 0 Å². The lowest BCUT2D eigenvalue weighted by Crippen LogP contribution is -2.53. The number of methoxy groups -OCH3 is 1. The molecule has 5 heteroatoms. The summed E-state index contributed by atoms with van der Waals surface area (Å²) < 4.78 is 5.11. The lowest BCUT2D eigenvalue weighted by molar-refractivity contribution is -0.128. The molecule has 0 aromatic heterocycles. The third kappa shape index (κ3) is 2.99. The maximum atomic E-state index is 12.6. The molecule has 1 fully saturated rings. The first-order valence-electron chi connectivity index (χ1n) is 6.65. The van der Waals surface area contributed by atoms with Crippen molar-refractivity contribution >= 4 is 17.5 Å². The van der Waals surface area contributed by atoms with Crippen LogP contribution in [0.3, 0.4) is 0 Å². The summed E-state index contributed by atoms with van der Waals surface area (Å²) >= 11 is 0. The number of carbonyl (C=O) groups excluding carboxylic acids is 2. The van der Waals surface area contributed by atoms with E-state index in [4.69, 9.17) is 4.74 Å². The second-order valence-electron chi connectivity index (χ2n) is 5.48. The first kappa shape index (κ1) is 14.5. The molecule has 0 atom stereocenters. The first-order valence-corrected chi connectivity index (χ1v) is 6.65. The number of anilines is 1. The van der Waals surface area contributed by atoms with E-state index in [-0.39, 0.29) is 11.8 Å². The van der Waals surface area contributed by atoms with E-state index in [1.165, 1.54) is 0 Å². The van der Waals surface area contributed by atoms with Gasteiger partial charge in [-0.25, -0.2) is 0 Å². The maximum Gasteiger partial charge on any atom is 0.252 e. The molecule has 1 N–H and O–H groups in total. The SMILES string of the molecule is COCc1cccc(N2CCC(=O)NC(C)(C)C2=O)c1. The summed E-state index contributed by atoms with van der Waals surface area (Å²) in [7, 11) is 1.63. The number of ether oxygens (including phenoxy) is 1. The predicted molar refractivity (Wildman–Crippen MR) is 76.3 cm³/mol. The summed E-state index contributed by atoms with van der Waals surface area (Å²) in [6, 6.07) is 7.64. The highest BCUT2D eigenvalue weighted by molar-refractivity contribution is 6.03. The van der Waals surface area contributed by atoms with Gasteiger partial charge in [-0.1, -0.05) is 12.1 Å². The fraction of sp³-hybridized carbons (Fsp3) is 0.467. The van der Waals surface area contributed by atoms with E-state index in [1.54, 1.807) is 25.9 Å². The van der Waals surface area contributed by atoms with Crippen LogP contribution in [0.25, 0.3) is 0 Å². The molecule has 1 aromatic rings. The smallest absolute Gasteiger partial charge is 0.252 e. The molecule has 2 rings (SSSR count). The number of nitrogens with zero attached hydrogens (tertiary/aromatic N) is 1. The van der Waals surface area contributed by atoms with Crippen LogP contribution in [-0.4, -0.2) is 31.0 Å². The van der Waals surface area contributed by atoms with E-state index in [0.717, 1.165) is 11.3 Å². The van der Waals surface area contributed by atoms with Crippen LogP contribution in [-0.2, 0) is 20.9 Å². The van der Waals surface area contributed by atoms with Crippen LogP contribution in [0.4, 0.5) is 5.69 Å². The Morgan fingerprint density at radius 1 is 1.35 bits per heavy atom. The Bertz CT molecular complexity index is 526. The van der Waals surface area contributed by atoms with E-state index in [0.29, 0.717) is 19.6 Å². The van der Waals surface area contributed by atoms with Crippen LogP contribution in [0.1, 0.15) is 25.8 Å². The molecule has 0 bridgehead atoms. The number of benzene rings is 1. The molecule has 1 aliphatic rings. The quantitative estimate of drug-likeness (QED) is 0.909. The first-order chi connectivity index (χ1) is 9.44. The van der Waals surface area contributed by atoms with Gasteiger partial charge in [0, 0.05) is 25.8 Å². The van der Waals surface area contributed by atoms with Gasteiger partial charge >= 0.3 is 0 Å². The number of amides is 2.